The Balaban J connectivity index is 1.93. The summed E-state index contributed by atoms with van der Waals surface area (Å²) in [7, 11) is -3.97. The summed E-state index contributed by atoms with van der Waals surface area (Å²) < 4.78 is 46.5. The number of halogens is 1. The molecule has 0 saturated carbocycles. The third-order valence-corrected chi connectivity index (χ3v) is 5.06. The van der Waals surface area contributed by atoms with Gasteiger partial charge in [-0.15, -0.1) is 0 Å². The van der Waals surface area contributed by atoms with E-state index >= 15 is 0 Å². The molecule has 26 heavy (non-hydrogen) atoms. The van der Waals surface area contributed by atoms with E-state index in [4.69, 9.17) is 4.74 Å². The van der Waals surface area contributed by atoms with Gasteiger partial charge in [0.15, 0.2) is 0 Å². The molecule has 0 bridgehead atoms. The molecule has 8 heteroatoms. The van der Waals surface area contributed by atoms with E-state index in [2.05, 4.69) is 9.71 Å². The van der Waals surface area contributed by atoms with Crippen LogP contribution in [0.3, 0.4) is 0 Å². The van der Waals surface area contributed by atoms with E-state index in [9.17, 15) is 17.6 Å². The number of esters is 1. The normalized spacial score (nSPS) is 11.3. The highest BCUT2D eigenvalue weighted by Gasteiger charge is 2.19. The van der Waals surface area contributed by atoms with E-state index in [-0.39, 0.29) is 28.1 Å². The van der Waals surface area contributed by atoms with Crippen molar-refractivity contribution in [1.82, 2.24) is 4.98 Å². The average Bonchev–Trinajstić information content (AvgIpc) is 2.62. The summed E-state index contributed by atoms with van der Waals surface area (Å²) in [6, 6.07) is 11.1. The number of nitrogens with zero attached hydrogens (tertiary/aromatic N) is 1. The van der Waals surface area contributed by atoms with E-state index in [1.54, 1.807) is 6.92 Å². The Bertz CT molecular complexity index is 1070. The number of sulfonamides is 1. The van der Waals surface area contributed by atoms with Crippen molar-refractivity contribution in [2.24, 2.45) is 0 Å². The Kier molecular flexibility index (Phi) is 4.85. The van der Waals surface area contributed by atoms with Gasteiger partial charge in [-0.2, -0.15) is 0 Å². The second-order valence-electron chi connectivity index (χ2n) is 5.35. The second-order valence-corrected chi connectivity index (χ2v) is 7.00. The quantitative estimate of drug-likeness (QED) is 0.692. The molecular formula is C18H15FN2O4S. The summed E-state index contributed by atoms with van der Waals surface area (Å²) >= 11 is 0. The van der Waals surface area contributed by atoms with Crippen molar-refractivity contribution < 1.29 is 22.3 Å². The lowest BCUT2D eigenvalue weighted by molar-refractivity contribution is 0.0526. The van der Waals surface area contributed by atoms with Crippen LogP contribution in [0.1, 0.15) is 17.3 Å². The van der Waals surface area contributed by atoms with Gasteiger partial charge in [-0.25, -0.2) is 17.6 Å². The molecule has 0 atom stereocenters. The maximum Gasteiger partial charge on any atom is 0.338 e. The monoisotopic (exact) mass is 374 g/mol. The molecule has 0 radical (unpaired) electrons. The number of anilines is 1. The Morgan fingerprint density at radius 2 is 1.88 bits per heavy atom. The van der Waals surface area contributed by atoms with Crippen molar-refractivity contribution in [1.29, 1.82) is 0 Å². The van der Waals surface area contributed by atoms with E-state index in [1.165, 1.54) is 48.7 Å². The van der Waals surface area contributed by atoms with Crippen molar-refractivity contribution in [3.8, 4) is 0 Å². The smallest absolute Gasteiger partial charge is 0.338 e. The number of rotatable bonds is 5. The second kappa shape index (κ2) is 7.09. The van der Waals surface area contributed by atoms with E-state index in [0.29, 0.717) is 5.56 Å². The minimum Gasteiger partial charge on any atom is -0.462 e. The fourth-order valence-electron chi connectivity index (χ4n) is 2.45. The predicted octanol–water partition coefficient (Wildman–Crippen LogP) is 3.35. The number of fused-ring (bicyclic) bond motifs is 1. The molecule has 0 aliphatic rings. The van der Waals surface area contributed by atoms with Gasteiger partial charge in [-0.05, 0) is 55.5 Å². The molecule has 0 aliphatic carbocycles. The molecule has 0 spiro atoms. The number of pyridine rings is 1. The van der Waals surface area contributed by atoms with Crippen molar-refractivity contribution in [2.75, 3.05) is 11.3 Å². The fraction of sp³-hybridized carbons (Fsp3) is 0.111. The van der Waals surface area contributed by atoms with Gasteiger partial charge in [0.2, 0.25) is 0 Å². The summed E-state index contributed by atoms with van der Waals surface area (Å²) in [5.74, 6) is -1.09. The van der Waals surface area contributed by atoms with Crippen LogP contribution in [0.5, 0.6) is 0 Å². The van der Waals surface area contributed by atoms with E-state index in [1.807, 2.05) is 0 Å². The zero-order valence-corrected chi connectivity index (χ0v) is 14.6. The third kappa shape index (κ3) is 3.50. The summed E-state index contributed by atoms with van der Waals surface area (Å²) in [6.07, 6.45) is 1.39. The lowest BCUT2D eigenvalue weighted by Crippen LogP contribution is -2.14. The minimum atomic E-state index is -3.97. The number of carbonyl (C=O) groups is 1. The molecule has 0 saturated heterocycles. The summed E-state index contributed by atoms with van der Waals surface area (Å²) in [4.78, 5) is 15.4. The first-order chi connectivity index (χ1) is 12.4. The van der Waals surface area contributed by atoms with Crippen molar-refractivity contribution in [3.05, 3.63) is 66.1 Å². The predicted molar refractivity (Wildman–Crippen MR) is 94.9 cm³/mol. The van der Waals surface area contributed by atoms with Gasteiger partial charge in [-0.1, -0.05) is 0 Å². The first-order valence-electron chi connectivity index (χ1n) is 7.75. The third-order valence-electron chi connectivity index (χ3n) is 3.62. The SMILES string of the molecule is CCOC(=O)c1ccc(NS(=O)(=O)c2ccc(F)c3ncccc23)cc1. The summed E-state index contributed by atoms with van der Waals surface area (Å²) in [5.41, 5.74) is 0.554. The van der Waals surface area contributed by atoms with E-state index in [0.717, 1.165) is 6.07 Å². The highest BCUT2D eigenvalue weighted by Crippen LogP contribution is 2.25. The van der Waals surface area contributed by atoms with Gasteiger partial charge in [0, 0.05) is 17.3 Å². The Morgan fingerprint density at radius 1 is 1.15 bits per heavy atom. The Labute approximate surface area is 149 Å². The molecule has 1 N–H and O–H groups in total. The van der Waals surface area contributed by atoms with Gasteiger partial charge in [0.1, 0.15) is 11.3 Å². The van der Waals surface area contributed by atoms with Gasteiger partial charge in [-0.3, -0.25) is 9.71 Å². The van der Waals surface area contributed by atoms with Gasteiger partial charge in [0.05, 0.1) is 17.1 Å². The fourth-order valence-corrected chi connectivity index (χ4v) is 3.70. The molecule has 0 amide bonds. The van der Waals surface area contributed by atoms with Crippen LogP contribution >= 0.6 is 0 Å². The number of hydrogen-bond acceptors (Lipinski definition) is 5. The Hall–Kier alpha value is -3.00. The maximum absolute atomic E-state index is 13.8. The molecule has 1 aromatic heterocycles. The summed E-state index contributed by atoms with van der Waals surface area (Å²) in [6.45, 7) is 1.95. The van der Waals surface area contributed by atoms with Crippen LogP contribution in [-0.2, 0) is 14.8 Å². The first kappa shape index (κ1) is 17.8. The number of benzene rings is 2. The molecule has 0 unspecified atom stereocenters. The number of aromatic nitrogens is 1. The molecule has 134 valence electrons. The van der Waals surface area contributed by atoms with Gasteiger partial charge < -0.3 is 4.74 Å². The highest BCUT2D eigenvalue weighted by molar-refractivity contribution is 7.93. The number of nitrogens with one attached hydrogen (secondary N) is 1. The van der Waals surface area contributed by atoms with Crippen LogP contribution in [0.2, 0.25) is 0 Å². The van der Waals surface area contributed by atoms with Crippen LogP contribution < -0.4 is 4.72 Å². The van der Waals surface area contributed by atoms with Crippen LogP contribution in [0.4, 0.5) is 10.1 Å². The summed E-state index contributed by atoms with van der Waals surface area (Å²) in [5, 5.41) is 0.183. The molecule has 3 rings (SSSR count). The zero-order valence-electron chi connectivity index (χ0n) is 13.8. The van der Waals surface area contributed by atoms with Crippen LogP contribution in [-0.4, -0.2) is 26.0 Å². The zero-order chi connectivity index (χ0) is 18.7. The standard InChI is InChI=1S/C18H15FN2O4S/c1-2-25-18(22)12-5-7-13(8-6-12)21-26(23,24)16-10-9-15(19)17-14(16)4-3-11-20-17/h3-11,21H,2H2,1H3. The lowest BCUT2D eigenvalue weighted by Gasteiger charge is -2.11. The van der Waals surface area contributed by atoms with Crippen LogP contribution in [0, 0.1) is 5.82 Å². The lowest BCUT2D eigenvalue weighted by atomic mass is 10.2. The molecule has 6 nitrogen and oxygen atoms in total. The largest absolute Gasteiger partial charge is 0.462 e. The van der Waals surface area contributed by atoms with Crippen LogP contribution in [0.15, 0.2) is 59.6 Å². The maximum atomic E-state index is 13.8. The Morgan fingerprint density at radius 3 is 2.58 bits per heavy atom. The van der Waals surface area contributed by atoms with Crippen molar-refractivity contribution >= 4 is 32.6 Å². The molecule has 0 fully saturated rings. The van der Waals surface area contributed by atoms with E-state index < -0.39 is 21.8 Å². The highest BCUT2D eigenvalue weighted by atomic mass is 32.2. The topological polar surface area (TPSA) is 85.4 Å². The van der Waals surface area contributed by atoms with Crippen LogP contribution in [0.25, 0.3) is 10.9 Å². The molecule has 1 heterocycles. The number of hydrogen-bond donors (Lipinski definition) is 1. The number of ether oxygens (including phenoxy) is 1. The average molecular weight is 374 g/mol. The number of carbonyl (C=O) groups excluding carboxylic acids is 1. The van der Waals surface area contributed by atoms with Crippen molar-refractivity contribution in [2.45, 2.75) is 11.8 Å². The minimum absolute atomic E-state index is 0.0203. The van der Waals surface area contributed by atoms with Crippen molar-refractivity contribution in [3.63, 3.8) is 0 Å². The molecule has 0 aliphatic heterocycles. The van der Waals surface area contributed by atoms with Gasteiger partial charge >= 0.3 is 5.97 Å². The van der Waals surface area contributed by atoms with Gasteiger partial charge in [0.25, 0.3) is 10.0 Å². The molecule has 2 aromatic carbocycles. The molecule has 3 aromatic rings. The first-order valence-corrected chi connectivity index (χ1v) is 9.24. The molecular weight excluding hydrogens is 359 g/mol.